The molecule has 0 saturated carbocycles. The number of fused-ring (bicyclic) bond motifs is 5. The number of Topliss-reactive ketones (excluding diaryl/α,β-unsaturated/α-hetero) is 3. The van der Waals surface area contributed by atoms with Crippen molar-refractivity contribution in [1.82, 2.24) is 4.98 Å². The second-order valence-corrected chi connectivity index (χ2v) is 9.06. The molecule has 1 aromatic heterocycles. The Morgan fingerprint density at radius 2 is 1.57 bits per heavy atom. The van der Waals surface area contributed by atoms with Crippen molar-refractivity contribution in [1.29, 1.82) is 0 Å². The number of nitrogens with one attached hydrogen (secondary N) is 1. The van der Waals surface area contributed by atoms with Crippen LogP contribution in [0.25, 0.3) is 10.8 Å². The van der Waals surface area contributed by atoms with Crippen LogP contribution in [0.2, 0.25) is 0 Å². The SMILES string of the molecule is COC1=CC(=O)c2c(O)c3c(c(O)c2C1=O)C(=O)C1(CCc2cc4cc(C=O)[nH]c(=O)c4c(O)c21)C3=O. The summed E-state index contributed by atoms with van der Waals surface area (Å²) in [5, 5.41) is 33.1. The molecule has 3 aliphatic rings. The Bertz CT molecular complexity index is 1810. The number of ketones is 4. The van der Waals surface area contributed by atoms with Gasteiger partial charge >= 0.3 is 0 Å². The maximum atomic E-state index is 13.9. The Hall–Kier alpha value is -5.06. The van der Waals surface area contributed by atoms with Gasteiger partial charge in [-0.05, 0) is 29.9 Å². The number of hydrogen-bond acceptors (Lipinski definition) is 10. The normalized spacial score (nSPS) is 19.8. The Morgan fingerprint density at radius 1 is 0.919 bits per heavy atom. The number of phenolic OH excluding ortho intramolecular Hbond substituents is 3. The summed E-state index contributed by atoms with van der Waals surface area (Å²) < 4.78 is 4.88. The quantitative estimate of drug-likeness (QED) is 0.228. The van der Waals surface area contributed by atoms with E-state index in [2.05, 4.69) is 4.98 Å². The second-order valence-electron chi connectivity index (χ2n) is 9.06. The molecular weight excluding hydrogens is 486 g/mol. The standard InChI is InChI=1S/C26H15NO10/c1-37-12-6-11(29)14-15(19(12)30)21(32)17-16(20(14)31)23(34)26(24(17)35)3-2-8-4-9-5-10(7-28)27-25(36)13(9)22(33)18(8)26/h4-7,31-33H,2-3H2,1H3,(H,27,36). The highest BCUT2D eigenvalue weighted by molar-refractivity contribution is 6.38. The van der Waals surface area contributed by atoms with E-state index in [9.17, 15) is 44.1 Å². The number of aldehydes is 1. The van der Waals surface area contributed by atoms with E-state index >= 15 is 0 Å². The average Bonchev–Trinajstić information content (AvgIpc) is 3.35. The van der Waals surface area contributed by atoms with Crippen LogP contribution in [0.1, 0.15) is 69.5 Å². The monoisotopic (exact) mass is 501 g/mol. The summed E-state index contributed by atoms with van der Waals surface area (Å²) in [6.45, 7) is 0. The molecule has 11 heteroatoms. The van der Waals surface area contributed by atoms with Crippen molar-refractivity contribution in [2.75, 3.05) is 7.11 Å². The van der Waals surface area contributed by atoms with Gasteiger partial charge in [-0.1, -0.05) is 6.07 Å². The number of hydrogen-bond donors (Lipinski definition) is 4. The largest absolute Gasteiger partial charge is 0.507 e. The predicted octanol–water partition coefficient (Wildman–Crippen LogP) is 1.63. The lowest BCUT2D eigenvalue weighted by Gasteiger charge is -2.22. The van der Waals surface area contributed by atoms with Crippen LogP contribution in [-0.2, 0) is 16.6 Å². The molecular formula is C26H15NO10. The number of benzene rings is 2. The summed E-state index contributed by atoms with van der Waals surface area (Å²) in [6.07, 6.45) is 1.15. The maximum absolute atomic E-state index is 13.9. The number of allylic oxidation sites excluding steroid dienone is 2. The molecule has 0 fully saturated rings. The number of pyridine rings is 1. The molecule has 1 heterocycles. The number of aromatic amines is 1. The second kappa shape index (κ2) is 7.00. The van der Waals surface area contributed by atoms with E-state index in [1.807, 2.05) is 0 Å². The number of carbonyl (C=O) groups is 5. The molecule has 0 bridgehead atoms. The van der Waals surface area contributed by atoms with Gasteiger partial charge in [0.2, 0.25) is 5.78 Å². The molecule has 1 atom stereocenters. The number of H-pyrrole nitrogens is 1. The van der Waals surface area contributed by atoms with Gasteiger partial charge in [-0.2, -0.15) is 0 Å². The van der Waals surface area contributed by atoms with E-state index in [4.69, 9.17) is 4.74 Å². The molecule has 4 N–H and O–H groups in total. The van der Waals surface area contributed by atoms with Gasteiger partial charge in [0.25, 0.3) is 5.56 Å². The number of aromatic hydroxyl groups is 3. The number of rotatable bonds is 2. The van der Waals surface area contributed by atoms with E-state index in [0.29, 0.717) is 11.8 Å². The molecule has 2 aromatic carbocycles. The fourth-order valence-electron chi connectivity index (χ4n) is 5.82. The molecule has 0 aliphatic heterocycles. The minimum Gasteiger partial charge on any atom is -0.507 e. The van der Waals surface area contributed by atoms with Gasteiger partial charge in [-0.25, -0.2) is 0 Å². The zero-order chi connectivity index (χ0) is 26.5. The molecule has 0 radical (unpaired) electrons. The third kappa shape index (κ3) is 2.45. The first-order valence-corrected chi connectivity index (χ1v) is 11.0. The number of aromatic nitrogens is 1. The number of phenols is 3. The van der Waals surface area contributed by atoms with E-state index in [1.165, 1.54) is 12.1 Å². The van der Waals surface area contributed by atoms with Crippen molar-refractivity contribution in [3.05, 3.63) is 73.4 Å². The van der Waals surface area contributed by atoms with Gasteiger partial charge in [-0.15, -0.1) is 0 Å². The highest BCUT2D eigenvalue weighted by atomic mass is 16.5. The Labute approximate surface area is 205 Å². The third-order valence-electron chi connectivity index (χ3n) is 7.39. The minimum absolute atomic E-state index is 0.0382. The van der Waals surface area contributed by atoms with Gasteiger partial charge in [0.1, 0.15) is 22.7 Å². The molecule has 184 valence electrons. The summed E-state index contributed by atoms with van der Waals surface area (Å²) in [5.74, 6) is -6.84. The van der Waals surface area contributed by atoms with Gasteiger partial charge in [0.15, 0.2) is 29.4 Å². The highest BCUT2D eigenvalue weighted by Gasteiger charge is 2.61. The zero-order valence-corrected chi connectivity index (χ0v) is 18.9. The van der Waals surface area contributed by atoms with Crippen LogP contribution in [0, 0.1) is 0 Å². The summed E-state index contributed by atoms with van der Waals surface area (Å²) in [6, 6.07) is 2.82. The maximum Gasteiger partial charge on any atom is 0.260 e. The Kier molecular flexibility index (Phi) is 4.24. The Morgan fingerprint density at radius 3 is 2.19 bits per heavy atom. The van der Waals surface area contributed by atoms with Gasteiger partial charge in [0.05, 0.1) is 40.4 Å². The van der Waals surface area contributed by atoms with Crippen molar-refractivity contribution in [3.8, 4) is 17.2 Å². The highest BCUT2D eigenvalue weighted by Crippen LogP contribution is 2.57. The molecule has 1 spiro atoms. The lowest BCUT2D eigenvalue weighted by molar-refractivity contribution is 0.0790. The number of methoxy groups -OCH3 is 1. The van der Waals surface area contributed by atoms with Crippen molar-refractivity contribution in [2.45, 2.75) is 18.3 Å². The summed E-state index contributed by atoms with van der Waals surface area (Å²) >= 11 is 0. The van der Waals surface area contributed by atoms with Crippen molar-refractivity contribution in [2.24, 2.45) is 0 Å². The van der Waals surface area contributed by atoms with E-state index < -0.39 is 79.4 Å². The van der Waals surface area contributed by atoms with Crippen LogP contribution in [-0.4, -0.2) is 56.8 Å². The molecule has 3 aromatic rings. The number of carbonyl (C=O) groups excluding carboxylic acids is 5. The van der Waals surface area contributed by atoms with Crippen LogP contribution < -0.4 is 5.56 Å². The van der Waals surface area contributed by atoms with Gasteiger partial charge in [-0.3, -0.25) is 28.8 Å². The zero-order valence-electron chi connectivity index (χ0n) is 18.9. The first kappa shape index (κ1) is 22.4. The smallest absolute Gasteiger partial charge is 0.260 e. The van der Waals surface area contributed by atoms with E-state index in [-0.39, 0.29) is 34.9 Å². The number of ether oxygens (including phenoxy) is 1. The van der Waals surface area contributed by atoms with E-state index in [0.717, 1.165) is 13.2 Å². The first-order chi connectivity index (χ1) is 17.6. The lowest BCUT2D eigenvalue weighted by atomic mass is 9.76. The van der Waals surface area contributed by atoms with Gasteiger partial charge in [0, 0.05) is 11.6 Å². The molecule has 1 unspecified atom stereocenters. The third-order valence-corrected chi connectivity index (χ3v) is 7.39. The summed E-state index contributed by atoms with van der Waals surface area (Å²) in [5.41, 5.74) is -5.41. The lowest BCUT2D eigenvalue weighted by Crippen LogP contribution is -2.36. The molecule has 11 nitrogen and oxygen atoms in total. The van der Waals surface area contributed by atoms with Crippen molar-refractivity contribution >= 4 is 40.2 Å². The van der Waals surface area contributed by atoms with Crippen LogP contribution in [0.4, 0.5) is 0 Å². The molecule has 0 amide bonds. The Balaban J connectivity index is 1.66. The molecule has 6 rings (SSSR count). The summed E-state index contributed by atoms with van der Waals surface area (Å²) in [4.78, 5) is 79.4. The number of aryl methyl sites for hydroxylation is 1. The van der Waals surface area contributed by atoms with Crippen LogP contribution in [0.15, 0.2) is 28.8 Å². The van der Waals surface area contributed by atoms with Crippen LogP contribution in [0.5, 0.6) is 17.2 Å². The summed E-state index contributed by atoms with van der Waals surface area (Å²) in [7, 11) is 1.12. The first-order valence-electron chi connectivity index (χ1n) is 11.0. The molecule has 3 aliphatic carbocycles. The van der Waals surface area contributed by atoms with E-state index in [1.54, 1.807) is 0 Å². The van der Waals surface area contributed by atoms with Crippen molar-refractivity contribution < 1.29 is 44.0 Å². The fourth-order valence-corrected chi connectivity index (χ4v) is 5.82. The molecule has 0 saturated heterocycles. The van der Waals surface area contributed by atoms with Crippen molar-refractivity contribution in [3.63, 3.8) is 0 Å². The van der Waals surface area contributed by atoms with Crippen LogP contribution >= 0.6 is 0 Å². The topological polar surface area (TPSA) is 188 Å². The average molecular weight is 501 g/mol. The fraction of sp³-hybridized carbons (Fsp3) is 0.154. The van der Waals surface area contributed by atoms with Gasteiger partial charge < -0.3 is 25.0 Å². The van der Waals surface area contributed by atoms with Crippen LogP contribution in [0.3, 0.4) is 0 Å². The molecule has 37 heavy (non-hydrogen) atoms. The predicted molar refractivity (Wildman–Crippen MR) is 124 cm³/mol. The minimum atomic E-state index is -2.12.